The number of amides is 2. The first-order chi connectivity index (χ1) is 15.6. The van der Waals surface area contributed by atoms with E-state index in [2.05, 4.69) is 19.9 Å². The first-order valence-electron chi connectivity index (χ1n) is 10.5. The van der Waals surface area contributed by atoms with Crippen LogP contribution >= 0.6 is 11.6 Å². The third kappa shape index (κ3) is 4.98. The molecule has 0 aliphatic carbocycles. The number of aromatic nitrogens is 3. The molecule has 1 aliphatic heterocycles. The number of pyridine rings is 1. The second kappa shape index (κ2) is 9.05. The fourth-order valence-corrected chi connectivity index (χ4v) is 4.17. The topological polar surface area (TPSA) is 63.1 Å². The molecule has 4 rings (SSSR count). The molecule has 0 unspecified atom stereocenters. The molecule has 1 aliphatic rings. The van der Waals surface area contributed by atoms with Gasteiger partial charge >= 0.3 is 12.2 Å². The molecule has 1 atom stereocenters. The minimum atomic E-state index is -4.54. The zero-order valence-electron chi connectivity index (χ0n) is 18.2. The highest BCUT2D eigenvalue weighted by molar-refractivity contribution is 6.30. The standard InChI is InChI=1S/C23H23ClF3N5O/c1-14-12-28-21(32(14)13-16-5-7-17(24)8-6-16)19-4-3-11-31(19)22(33)30-18-9-10-20(23(25,26)27)29-15(18)2/h5-10,12,19H,3-4,11,13H2,1-2H3,(H,30,33)/t19-/m1/s1. The van der Waals surface area contributed by atoms with Gasteiger partial charge in [0.05, 0.1) is 17.4 Å². The molecule has 2 amide bonds. The van der Waals surface area contributed by atoms with Crippen LogP contribution in [-0.4, -0.2) is 32.0 Å². The summed E-state index contributed by atoms with van der Waals surface area (Å²) in [6.45, 7) is 4.51. The normalized spacial score (nSPS) is 16.3. The van der Waals surface area contributed by atoms with E-state index < -0.39 is 11.9 Å². The van der Waals surface area contributed by atoms with Crippen LogP contribution in [0.3, 0.4) is 0 Å². The Labute approximate surface area is 194 Å². The van der Waals surface area contributed by atoms with Crippen molar-refractivity contribution in [2.45, 2.75) is 45.5 Å². The fourth-order valence-electron chi connectivity index (χ4n) is 4.04. The summed E-state index contributed by atoms with van der Waals surface area (Å²) in [5.41, 5.74) is 1.39. The summed E-state index contributed by atoms with van der Waals surface area (Å²) in [5, 5.41) is 3.38. The molecule has 2 aromatic heterocycles. The quantitative estimate of drug-likeness (QED) is 0.502. The van der Waals surface area contributed by atoms with Crippen LogP contribution in [0.1, 0.15) is 47.4 Å². The molecule has 33 heavy (non-hydrogen) atoms. The lowest BCUT2D eigenvalue weighted by Gasteiger charge is -2.26. The maximum atomic E-state index is 13.1. The predicted molar refractivity (Wildman–Crippen MR) is 119 cm³/mol. The maximum absolute atomic E-state index is 13.1. The van der Waals surface area contributed by atoms with E-state index in [-0.39, 0.29) is 23.5 Å². The molecule has 0 spiro atoms. The first kappa shape index (κ1) is 23.1. The van der Waals surface area contributed by atoms with Gasteiger partial charge in [0.2, 0.25) is 0 Å². The molecule has 10 heteroatoms. The average molecular weight is 478 g/mol. The van der Waals surface area contributed by atoms with Crippen molar-refractivity contribution in [1.29, 1.82) is 0 Å². The van der Waals surface area contributed by atoms with Crippen molar-refractivity contribution in [2.75, 3.05) is 11.9 Å². The van der Waals surface area contributed by atoms with E-state index in [1.807, 2.05) is 31.2 Å². The number of hydrogen-bond acceptors (Lipinski definition) is 3. The van der Waals surface area contributed by atoms with Gasteiger partial charge in [0, 0.05) is 30.0 Å². The van der Waals surface area contributed by atoms with Gasteiger partial charge in [0.25, 0.3) is 0 Å². The number of hydrogen-bond donors (Lipinski definition) is 1. The number of halogens is 4. The number of nitrogens with zero attached hydrogens (tertiary/aromatic N) is 4. The number of benzene rings is 1. The lowest BCUT2D eigenvalue weighted by Crippen LogP contribution is -2.36. The minimum Gasteiger partial charge on any atom is -0.326 e. The van der Waals surface area contributed by atoms with E-state index in [9.17, 15) is 18.0 Å². The van der Waals surface area contributed by atoms with E-state index in [1.165, 1.54) is 13.0 Å². The van der Waals surface area contributed by atoms with Crippen molar-refractivity contribution >= 4 is 23.3 Å². The summed E-state index contributed by atoms with van der Waals surface area (Å²) in [5.74, 6) is 0.775. The lowest BCUT2D eigenvalue weighted by molar-refractivity contribution is -0.141. The van der Waals surface area contributed by atoms with Crippen molar-refractivity contribution in [3.05, 3.63) is 76.1 Å². The van der Waals surface area contributed by atoms with Crippen LogP contribution in [0.4, 0.5) is 23.7 Å². The number of carbonyl (C=O) groups is 1. The highest BCUT2D eigenvalue weighted by Crippen LogP contribution is 2.33. The SMILES string of the molecule is Cc1nc(C(F)(F)F)ccc1NC(=O)N1CCC[C@@H]1c1ncc(C)n1Cc1ccc(Cl)cc1. The third-order valence-electron chi connectivity index (χ3n) is 5.77. The van der Waals surface area contributed by atoms with E-state index in [0.717, 1.165) is 36.0 Å². The molecule has 0 bridgehead atoms. The molecule has 174 valence electrons. The van der Waals surface area contributed by atoms with Crippen LogP contribution in [0.5, 0.6) is 0 Å². The van der Waals surface area contributed by atoms with Crippen LogP contribution in [0.15, 0.2) is 42.6 Å². The number of rotatable bonds is 4. The Balaban J connectivity index is 1.54. The van der Waals surface area contributed by atoms with Crippen molar-refractivity contribution < 1.29 is 18.0 Å². The van der Waals surface area contributed by atoms with E-state index in [4.69, 9.17) is 11.6 Å². The number of alkyl halides is 3. The zero-order valence-corrected chi connectivity index (χ0v) is 18.9. The highest BCUT2D eigenvalue weighted by atomic mass is 35.5. The van der Waals surface area contributed by atoms with Crippen LogP contribution in [0, 0.1) is 13.8 Å². The number of nitrogens with one attached hydrogen (secondary N) is 1. The molecule has 1 aromatic carbocycles. The van der Waals surface area contributed by atoms with Crippen molar-refractivity contribution in [3.8, 4) is 0 Å². The maximum Gasteiger partial charge on any atom is 0.433 e. The Morgan fingerprint density at radius 3 is 2.58 bits per heavy atom. The molecule has 0 radical (unpaired) electrons. The second-order valence-corrected chi connectivity index (χ2v) is 8.52. The zero-order chi connectivity index (χ0) is 23.8. The van der Waals surface area contributed by atoms with Gasteiger partial charge in [0.15, 0.2) is 0 Å². The summed E-state index contributed by atoms with van der Waals surface area (Å²) in [6.07, 6.45) is -1.21. The molecule has 6 nitrogen and oxygen atoms in total. The first-order valence-corrected chi connectivity index (χ1v) is 10.9. The summed E-state index contributed by atoms with van der Waals surface area (Å²) in [6, 6.07) is 9.04. The van der Waals surface area contributed by atoms with Crippen LogP contribution in [0.2, 0.25) is 5.02 Å². The van der Waals surface area contributed by atoms with E-state index >= 15 is 0 Å². The van der Waals surface area contributed by atoms with E-state index in [0.29, 0.717) is 18.1 Å². The molecular formula is C23H23ClF3N5O. The summed E-state index contributed by atoms with van der Waals surface area (Å²) >= 11 is 5.99. The van der Waals surface area contributed by atoms with Gasteiger partial charge in [-0.1, -0.05) is 23.7 Å². The third-order valence-corrected chi connectivity index (χ3v) is 6.02. The Morgan fingerprint density at radius 1 is 1.18 bits per heavy atom. The van der Waals surface area contributed by atoms with Gasteiger partial charge in [-0.3, -0.25) is 0 Å². The number of likely N-dealkylation sites (tertiary alicyclic amines) is 1. The molecule has 3 heterocycles. The van der Waals surface area contributed by atoms with Gasteiger partial charge < -0.3 is 14.8 Å². The summed E-state index contributed by atoms with van der Waals surface area (Å²) < 4.78 is 40.7. The highest BCUT2D eigenvalue weighted by Gasteiger charge is 2.35. The Hall–Kier alpha value is -3.07. The van der Waals surface area contributed by atoms with Gasteiger partial charge in [-0.25, -0.2) is 14.8 Å². The van der Waals surface area contributed by atoms with Gasteiger partial charge in [-0.15, -0.1) is 0 Å². The molecule has 1 saturated heterocycles. The van der Waals surface area contributed by atoms with Crippen molar-refractivity contribution in [1.82, 2.24) is 19.4 Å². The number of urea groups is 1. The molecular weight excluding hydrogens is 455 g/mol. The molecule has 1 fully saturated rings. The largest absolute Gasteiger partial charge is 0.433 e. The number of carbonyl (C=O) groups excluding carboxylic acids is 1. The fraction of sp³-hybridized carbons (Fsp3) is 0.348. The Bertz CT molecular complexity index is 1160. The Morgan fingerprint density at radius 2 is 1.91 bits per heavy atom. The van der Waals surface area contributed by atoms with Gasteiger partial charge in [-0.2, -0.15) is 13.2 Å². The minimum absolute atomic E-state index is 0.106. The number of anilines is 1. The number of imidazole rings is 1. The summed E-state index contributed by atoms with van der Waals surface area (Å²) in [7, 11) is 0. The van der Waals surface area contributed by atoms with Gasteiger partial charge in [-0.05, 0) is 56.5 Å². The molecule has 3 aromatic rings. The summed E-state index contributed by atoms with van der Waals surface area (Å²) in [4.78, 5) is 22.9. The van der Waals surface area contributed by atoms with Crippen LogP contribution < -0.4 is 5.32 Å². The average Bonchev–Trinajstić information content (AvgIpc) is 3.37. The van der Waals surface area contributed by atoms with Crippen LogP contribution in [0.25, 0.3) is 0 Å². The second-order valence-electron chi connectivity index (χ2n) is 8.08. The van der Waals surface area contributed by atoms with E-state index in [1.54, 1.807) is 11.1 Å². The predicted octanol–water partition coefficient (Wildman–Crippen LogP) is 5.98. The Kier molecular flexibility index (Phi) is 6.34. The van der Waals surface area contributed by atoms with Gasteiger partial charge in [0.1, 0.15) is 11.5 Å². The monoisotopic (exact) mass is 477 g/mol. The van der Waals surface area contributed by atoms with Crippen LogP contribution in [-0.2, 0) is 12.7 Å². The molecule has 0 saturated carbocycles. The van der Waals surface area contributed by atoms with Crippen molar-refractivity contribution in [3.63, 3.8) is 0 Å². The number of aryl methyl sites for hydroxylation is 2. The van der Waals surface area contributed by atoms with Crippen molar-refractivity contribution in [2.24, 2.45) is 0 Å². The lowest BCUT2D eigenvalue weighted by atomic mass is 10.2. The molecule has 1 N–H and O–H groups in total. The smallest absolute Gasteiger partial charge is 0.326 e.